The molecule has 1 aliphatic heterocycles. The second-order valence-corrected chi connectivity index (χ2v) is 5.66. The van der Waals surface area contributed by atoms with Gasteiger partial charge in [0, 0.05) is 13.0 Å². The summed E-state index contributed by atoms with van der Waals surface area (Å²) in [5.41, 5.74) is 4.29. The summed E-state index contributed by atoms with van der Waals surface area (Å²) < 4.78 is 5.63. The van der Waals surface area contributed by atoms with Crippen LogP contribution in [0.15, 0.2) is 12.1 Å². The van der Waals surface area contributed by atoms with Gasteiger partial charge in [0.2, 0.25) is 0 Å². The van der Waals surface area contributed by atoms with E-state index in [-0.39, 0.29) is 5.78 Å². The second kappa shape index (κ2) is 4.85. The van der Waals surface area contributed by atoms with Gasteiger partial charge in [0.05, 0.1) is 0 Å². The van der Waals surface area contributed by atoms with Crippen molar-refractivity contribution in [3.05, 3.63) is 34.4 Å². The zero-order valence-corrected chi connectivity index (χ0v) is 11.8. The smallest absolute Gasteiger partial charge is 0.168 e. The van der Waals surface area contributed by atoms with Crippen molar-refractivity contribution in [2.75, 3.05) is 6.61 Å². The maximum Gasteiger partial charge on any atom is 0.168 e. The Balaban J connectivity index is 2.22. The summed E-state index contributed by atoms with van der Waals surface area (Å²) in [6.07, 6.45) is 2.35. The Bertz CT molecular complexity index is 445. The first-order valence-electron chi connectivity index (χ1n) is 6.66. The number of benzene rings is 1. The Morgan fingerprint density at radius 2 is 1.89 bits per heavy atom. The number of carbonyl (C=O) groups excluding carboxylic acids is 1. The molecule has 98 valence electrons. The van der Waals surface area contributed by atoms with Crippen LogP contribution in [0.4, 0.5) is 0 Å². The number of Topliss-reactive ketones (excluding diaryl/α,β-unsaturated/α-hetero) is 1. The van der Waals surface area contributed by atoms with Crippen molar-refractivity contribution in [2.24, 2.45) is 0 Å². The predicted molar refractivity (Wildman–Crippen MR) is 73.0 cm³/mol. The van der Waals surface area contributed by atoms with Gasteiger partial charge < -0.3 is 4.74 Å². The number of carbonyl (C=O) groups is 1. The lowest BCUT2D eigenvalue weighted by atomic mass is 9.88. The third-order valence-electron chi connectivity index (χ3n) is 3.99. The summed E-state index contributed by atoms with van der Waals surface area (Å²) >= 11 is 0. The molecule has 2 rings (SSSR count). The van der Waals surface area contributed by atoms with Crippen LogP contribution in [0.2, 0.25) is 0 Å². The molecule has 0 aliphatic carbocycles. The van der Waals surface area contributed by atoms with Gasteiger partial charge in [-0.1, -0.05) is 17.7 Å². The molecule has 1 atom stereocenters. The molecule has 0 spiro atoms. The fourth-order valence-corrected chi connectivity index (χ4v) is 2.84. The van der Waals surface area contributed by atoms with Crippen molar-refractivity contribution in [2.45, 2.75) is 52.6 Å². The van der Waals surface area contributed by atoms with Gasteiger partial charge in [0.25, 0.3) is 0 Å². The van der Waals surface area contributed by atoms with Gasteiger partial charge >= 0.3 is 0 Å². The molecule has 1 aliphatic rings. The van der Waals surface area contributed by atoms with E-state index in [0.717, 1.165) is 12.8 Å². The molecule has 1 aromatic carbocycles. The number of hydrogen-bond acceptors (Lipinski definition) is 2. The Kier molecular flexibility index (Phi) is 3.58. The molecule has 1 fully saturated rings. The number of ether oxygens (including phenoxy) is 1. The molecule has 1 unspecified atom stereocenters. The van der Waals surface area contributed by atoms with E-state index in [9.17, 15) is 4.79 Å². The van der Waals surface area contributed by atoms with Gasteiger partial charge in [-0.05, 0) is 57.2 Å². The zero-order valence-electron chi connectivity index (χ0n) is 11.8. The number of rotatable bonds is 3. The van der Waals surface area contributed by atoms with Gasteiger partial charge in [-0.2, -0.15) is 0 Å². The molecule has 18 heavy (non-hydrogen) atoms. The molecule has 0 saturated carbocycles. The molecule has 0 aromatic heterocycles. The summed E-state index contributed by atoms with van der Waals surface area (Å²) in [5, 5.41) is 0. The molecule has 1 saturated heterocycles. The van der Waals surface area contributed by atoms with Gasteiger partial charge in [-0.15, -0.1) is 0 Å². The van der Waals surface area contributed by atoms with E-state index in [1.165, 1.54) is 22.3 Å². The van der Waals surface area contributed by atoms with E-state index in [4.69, 9.17) is 4.74 Å². The van der Waals surface area contributed by atoms with E-state index in [1.54, 1.807) is 0 Å². The van der Waals surface area contributed by atoms with Crippen LogP contribution in [0.3, 0.4) is 0 Å². The molecule has 1 aromatic rings. The van der Waals surface area contributed by atoms with Crippen molar-refractivity contribution >= 4 is 5.78 Å². The maximum absolute atomic E-state index is 12.4. The summed E-state index contributed by atoms with van der Waals surface area (Å²) in [5.74, 6) is 0.218. The molecule has 0 radical (unpaired) electrons. The zero-order chi connectivity index (χ0) is 13.3. The largest absolute Gasteiger partial charge is 0.367 e. The topological polar surface area (TPSA) is 26.3 Å². The lowest BCUT2D eigenvalue weighted by Gasteiger charge is -2.22. The Morgan fingerprint density at radius 3 is 2.39 bits per heavy atom. The van der Waals surface area contributed by atoms with Crippen LogP contribution in [0, 0.1) is 20.8 Å². The predicted octanol–water partition coefficient (Wildman–Crippen LogP) is 3.29. The minimum absolute atomic E-state index is 0.218. The molecule has 2 heteroatoms. The highest BCUT2D eigenvalue weighted by Crippen LogP contribution is 2.28. The van der Waals surface area contributed by atoms with Crippen molar-refractivity contribution in [1.29, 1.82) is 0 Å². The lowest BCUT2D eigenvalue weighted by molar-refractivity contribution is -0.136. The first kappa shape index (κ1) is 13.3. The quantitative estimate of drug-likeness (QED) is 0.818. The van der Waals surface area contributed by atoms with Crippen molar-refractivity contribution in [3.8, 4) is 0 Å². The summed E-state index contributed by atoms with van der Waals surface area (Å²) in [6, 6.07) is 4.29. The van der Waals surface area contributed by atoms with E-state index in [0.29, 0.717) is 13.0 Å². The lowest BCUT2D eigenvalue weighted by Crippen LogP contribution is -2.35. The maximum atomic E-state index is 12.4. The van der Waals surface area contributed by atoms with Crippen molar-refractivity contribution in [1.82, 2.24) is 0 Å². The summed E-state index contributed by atoms with van der Waals surface area (Å²) in [4.78, 5) is 12.4. The van der Waals surface area contributed by atoms with E-state index in [1.807, 2.05) is 6.92 Å². The van der Waals surface area contributed by atoms with E-state index < -0.39 is 5.60 Å². The fraction of sp³-hybridized carbons (Fsp3) is 0.562. The van der Waals surface area contributed by atoms with Crippen LogP contribution in [0.25, 0.3) is 0 Å². The highest BCUT2D eigenvalue weighted by molar-refractivity contribution is 5.89. The van der Waals surface area contributed by atoms with Crippen molar-refractivity contribution < 1.29 is 9.53 Å². The van der Waals surface area contributed by atoms with E-state index >= 15 is 0 Å². The van der Waals surface area contributed by atoms with E-state index in [2.05, 4.69) is 32.9 Å². The van der Waals surface area contributed by atoms with Gasteiger partial charge in [-0.25, -0.2) is 0 Å². The van der Waals surface area contributed by atoms with Crippen LogP contribution < -0.4 is 0 Å². The summed E-state index contributed by atoms with van der Waals surface area (Å²) in [6.45, 7) is 8.91. The van der Waals surface area contributed by atoms with Crippen LogP contribution in [-0.2, 0) is 16.0 Å². The number of ketones is 1. The Labute approximate surface area is 109 Å². The number of aryl methyl sites for hydroxylation is 3. The molecular formula is C16H22O2. The first-order valence-corrected chi connectivity index (χ1v) is 6.66. The Morgan fingerprint density at radius 1 is 1.28 bits per heavy atom. The molecule has 1 heterocycles. The first-order chi connectivity index (χ1) is 8.42. The van der Waals surface area contributed by atoms with Crippen molar-refractivity contribution in [3.63, 3.8) is 0 Å². The highest BCUT2D eigenvalue weighted by atomic mass is 16.5. The molecule has 0 bridgehead atoms. The van der Waals surface area contributed by atoms with Gasteiger partial charge in [0.1, 0.15) is 5.60 Å². The normalized spacial score (nSPS) is 23.3. The molecule has 0 amide bonds. The highest BCUT2D eigenvalue weighted by Gasteiger charge is 2.37. The van der Waals surface area contributed by atoms with Crippen LogP contribution in [0.5, 0.6) is 0 Å². The molecule has 0 N–H and O–H groups in total. The standard InChI is InChI=1S/C16H22O2/c1-11-8-12(2)14(13(3)9-11)10-15(17)16(4)6-5-7-18-16/h8-9H,5-7,10H2,1-4H3. The number of hydrogen-bond donors (Lipinski definition) is 0. The average molecular weight is 246 g/mol. The third-order valence-corrected chi connectivity index (χ3v) is 3.99. The SMILES string of the molecule is Cc1cc(C)c(CC(=O)C2(C)CCCO2)c(C)c1. The van der Waals surface area contributed by atoms with Crippen LogP contribution in [-0.4, -0.2) is 18.0 Å². The van der Waals surface area contributed by atoms with Gasteiger partial charge in [-0.3, -0.25) is 4.79 Å². The summed E-state index contributed by atoms with van der Waals surface area (Å²) in [7, 11) is 0. The van der Waals surface area contributed by atoms with Gasteiger partial charge in [0.15, 0.2) is 5.78 Å². The molecule has 2 nitrogen and oxygen atoms in total. The average Bonchev–Trinajstić information content (AvgIpc) is 2.71. The minimum Gasteiger partial charge on any atom is -0.367 e. The third kappa shape index (κ3) is 2.49. The monoisotopic (exact) mass is 246 g/mol. The fourth-order valence-electron chi connectivity index (χ4n) is 2.84. The second-order valence-electron chi connectivity index (χ2n) is 5.66. The van der Waals surface area contributed by atoms with Crippen LogP contribution >= 0.6 is 0 Å². The minimum atomic E-state index is -0.552. The Hall–Kier alpha value is -1.15. The molecular weight excluding hydrogens is 224 g/mol. The van der Waals surface area contributed by atoms with Crippen LogP contribution in [0.1, 0.15) is 42.0 Å².